The summed E-state index contributed by atoms with van der Waals surface area (Å²) in [5.74, 6) is 0.139. The van der Waals surface area contributed by atoms with Crippen LogP contribution >= 0.6 is 0 Å². The molecular weight excluding hydrogens is 168 g/mol. The summed E-state index contributed by atoms with van der Waals surface area (Å²) in [7, 11) is 1.39. The molecule has 1 saturated heterocycles. The highest BCUT2D eigenvalue weighted by Crippen LogP contribution is 2.28. The van der Waals surface area contributed by atoms with E-state index in [1.165, 1.54) is 7.11 Å². The van der Waals surface area contributed by atoms with E-state index in [9.17, 15) is 4.79 Å². The Kier molecular flexibility index (Phi) is 3.48. The third-order valence-electron chi connectivity index (χ3n) is 2.42. The summed E-state index contributed by atoms with van der Waals surface area (Å²) in [5, 5.41) is 0. The molecule has 1 fully saturated rings. The Hall–Kier alpha value is -0.830. The number of esters is 1. The summed E-state index contributed by atoms with van der Waals surface area (Å²) in [4.78, 5) is 11.1. The van der Waals surface area contributed by atoms with Crippen LogP contribution in [0.4, 0.5) is 0 Å². The number of rotatable bonds is 3. The summed E-state index contributed by atoms with van der Waals surface area (Å²) in [6.07, 6.45) is 3.13. The Morgan fingerprint density at radius 3 is 3.00 bits per heavy atom. The summed E-state index contributed by atoms with van der Waals surface area (Å²) in [6.45, 7) is 5.73. The molecule has 74 valence electrons. The molecule has 0 saturated carbocycles. The molecule has 0 aromatic carbocycles. The molecule has 1 rings (SSSR count). The molecule has 1 aliphatic rings. The fraction of sp³-hybridized carbons (Fsp3) is 0.700. The van der Waals surface area contributed by atoms with Crippen LogP contribution in [-0.4, -0.2) is 25.3 Å². The minimum Gasteiger partial charge on any atom is -0.467 e. The first-order valence-electron chi connectivity index (χ1n) is 4.53. The largest absolute Gasteiger partial charge is 0.467 e. The van der Waals surface area contributed by atoms with E-state index >= 15 is 0 Å². The van der Waals surface area contributed by atoms with Gasteiger partial charge in [-0.15, -0.1) is 6.58 Å². The van der Waals surface area contributed by atoms with Crippen LogP contribution in [0.3, 0.4) is 0 Å². The van der Waals surface area contributed by atoms with Crippen molar-refractivity contribution >= 4 is 5.97 Å². The van der Waals surface area contributed by atoms with Crippen LogP contribution in [0, 0.1) is 5.92 Å². The van der Waals surface area contributed by atoms with Gasteiger partial charge in [0.25, 0.3) is 0 Å². The standard InChI is InChI=1S/C10H16O3/c1-4-5-8-7(2)6-9(13-8)10(11)12-3/h4,7-9H,1,5-6H2,2-3H3/t7-,8-,9?/m0/s1. The van der Waals surface area contributed by atoms with Crippen molar-refractivity contribution in [3.8, 4) is 0 Å². The smallest absolute Gasteiger partial charge is 0.334 e. The van der Waals surface area contributed by atoms with E-state index in [1.807, 2.05) is 6.08 Å². The normalized spacial score (nSPS) is 32.9. The molecule has 0 aromatic heterocycles. The zero-order valence-corrected chi connectivity index (χ0v) is 8.16. The predicted octanol–water partition coefficient (Wildman–Crippen LogP) is 1.53. The Labute approximate surface area is 78.7 Å². The number of carbonyl (C=O) groups is 1. The fourth-order valence-corrected chi connectivity index (χ4v) is 1.63. The fourth-order valence-electron chi connectivity index (χ4n) is 1.63. The molecule has 0 radical (unpaired) electrons. The minimum atomic E-state index is -0.370. The molecule has 0 amide bonds. The Bertz CT molecular complexity index is 200. The van der Waals surface area contributed by atoms with Gasteiger partial charge in [0.2, 0.25) is 0 Å². The van der Waals surface area contributed by atoms with E-state index in [0.29, 0.717) is 5.92 Å². The van der Waals surface area contributed by atoms with Crippen molar-refractivity contribution in [2.75, 3.05) is 7.11 Å². The van der Waals surface area contributed by atoms with Crippen LogP contribution in [0.15, 0.2) is 12.7 Å². The lowest BCUT2D eigenvalue weighted by Crippen LogP contribution is -2.22. The van der Waals surface area contributed by atoms with E-state index in [1.54, 1.807) is 0 Å². The van der Waals surface area contributed by atoms with Gasteiger partial charge in [0, 0.05) is 0 Å². The maximum Gasteiger partial charge on any atom is 0.334 e. The molecule has 0 spiro atoms. The molecule has 3 heteroatoms. The highest BCUT2D eigenvalue weighted by molar-refractivity contribution is 5.74. The third-order valence-corrected chi connectivity index (χ3v) is 2.42. The average Bonchev–Trinajstić information content (AvgIpc) is 2.47. The van der Waals surface area contributed by atoms with Crippen molar-refractivity contribution < 1.29 is 14.3 Å². The molecule has 0 bridgehead atoms. The molecule has 0 N–H and O–H groups in total. The molecule has 0 aromatic rings. The molecule has 0 aliphatic carbocycles. The first kappa shape index (κ1) is 10.3. The number of hydrogen-bond acceptors (Lipinski definition) is 3. The second-order valence-corrected chi connectivity index (χ2v) is 3.42. The topological polar surface area (TPSA) is 35.5 Å². The maximum atomic E-state index is 11.1. The van der Waals surface area contributed by atoms with Gasteiger partial charge in [0.05, 0.1) is 13.2 Å². The summed E-state index contributed by atoms with van der Waals surface area (Å²) >= 11 is 0. The van der Waals surface area contributed by atoms with Gasteiger partial charge in [-0.3, -0.25) is 0 Å². The third kappa shape index (κ3) is 2.31. The monoisotopic (exact) mass is 184 g/mol. The van der Waals surface area contributed by atoms with Gasteiger partial charge in [-0.1, -0.05) is 13.0 Å². The number of hydrogen-bond donors (Lipinski definition) is 0. The van der Waals surface area contributed by atoms with Crippen LogP contribution in [0.5, 0.6) is 0 Å². The molecule has 1 unspecified atom stereocenters. The molecule has 3 atom stereocenters. The van der Waals surface area contributed by atoms with Crippen molar-refractivity contribution in [1.29, 1.82) is 0 Å². The number of ether oxygens (including phenoxy) is 2. The Morgan fingerprint density at radius 1 is 1.77 bits per heavy atom. The van der Waals surface area contributed by atoms with Gasteiger partial charge in [-0.2, -0.15) is 0 Å². The summed E-state index contributed by atoms with van der Waals surface area (Å²) in [6, 6.07) is 0. The van der Waals surface area contributed by atoms with Gasteiger partial charge in [0.1, 0.15) is 0 Å². The SMILES string of the molecule is C=CC[C@@H]1OC(C(=O)OC)C[C@@H]1C. The zero-order valence-electron chi connectivity index (χ0n) is 8.16. The lowest BCUT2D eigenvalue weighted by molar-refractivity contribution is -0.153. The van der Waals surface area contributed by atoms with Crippen LogP contribution in [-0.2, 0) is 14.3 Å². The van der Waals surface area contributed by atoms with Crippen LogP contribution in [0.25, 0.3) is 0 Å². The van der Waals surface area contributed by atoms with E-state index in [-0.39, 0.29) is 18.2 Å². The second-order valence-electron chi connectivity index (χ2n) is 3.42. The van der Waals surface area contributed by atoms with E-state index in [0.717, 1.165) is 12.8 Å². The number of methoxy groups -OCH3 is 1. The second kappa shape index (κ2) is 4.42. The highest BCUT2D eigenvalue weighted by Gasteiger charge is 2.35. The van der Waals surface area contributed by atoms with Gasteiger partial charge in [0.15, 0.2) is 6.10 Å². The molecule has 13 heavy (non-hydrogen) atoms. The van der Waals surface area contributed by atoms with E-state index in [4.69, 9.17) is 4.74 Å². The van der Waals surface area contributed by atoms with Gasteiger partial charge in [-0.05, 0) is 18.8 Å². The predicted molar refractivity (Wildman–Crippen MR) is 49.3 cm³/mol. The molecule has 3 nitrogen and oxygen atoms in total. The summed E-state index contributed by atoms with van der Waals surface area (Å²) < 4.78 is 10.1. The maximum absolute atomic E-state index is 11.1. The van der Waals surface area contributed by atoms with Crippen molar-refractivity contribution in [2.24, 2.45) is 5.92 Å². The Morgan fingerprint density at radius 2 is 2.46 bits per heavy atom. The van der Waals surface area contributed by atoms with E-state index < -0.39 is 0 Å². The zero-order chi connectivity index (χ0) is 9.84. The van der Waals surface area contributed by atoms with Gasteiger partial charge in [-0.25, -0.2) is 4.79 Å². The van der Waals surface area contributed by atoms with Crippen molar-refractivity contribution in [1.82, 2.24) is 0 Å². The first-order chi connectivity index (χ1) is 6.19. The highest BCUT2D eigenvalue weighted by atomic mass is 16.6. The quantitative estimate of drug-likeness (QED) is 0.493. The molecule has 1 heterocycles. The summed E-state index contributed by atoms with van der Waals surface area (Å²) in [5.41, 5.74) is 0. The van der Waals surface area contributed by atoms with E-state index in [2.05, 4.69) is 18.2 Å². The lowest BCUT2D eigenvalue weighted by Gasteiger charge is -2.11. The van der Waals surface area contributed by atoms with Crippen molar-refractivity contribution in [2.45, 2.75) is 32.0 Å². The van der Waals surface area contributed by atoms with Crippen LogP contribution in [0.1, 0.15) is 19.8 Å². The van der Waals surface area contributed by atoms with Gasteiger partial charge >= 0.3 is 5.97 Å². The lowest BCUT2D eigenvalue weighted by atomic mass is 10.00. The first-order valence-corrected chi connectivity index (χ1v) is 4.53. The van der Waals surface area contributed by atoms with Crippen molar-refractivity contribution in [3.05, 3.63) is 12.7 Å². The van der Waals surface area contributed by atoms with Crippen LogP contribution in [0.2, 0.25) is 0 Å². The molecular formula is C10H16O3. The van der Waals surface area contributed by atoms with Gasteiger partial charge < -0.3 is 9.47 Å². The minimum absolute atomic E-state index is 0.126. The van der Waals surface area contributed by atoms with Crippen LogP contribution < -0.4 is 0 Å². The number of carbonyl (C=O) groups excluding carboxylic acids is 1. The van der Waals surface area contributed by atoms with Crippen molar-refractivity contribution in [3.63, 3.8) is 0 Å². The average molecular weight is 184 g/mol. The molecule has 1 aliphatic heterocycles. The Balaban J connectivity index is 2.49.